The molecule has 0 saturated carbocycles. The van der Waals surface area contributed by atoms with Crippen molar-refractivity contribution in [2.24, 2.45) is 0 Å². The van der Waals surface area contributed by atoms with Crippen molar-refractivity contribution in [3.8, 4) is 0 Å². The molecule has 3 heterocycles. The van der Waals surface area contributed by atoms with Crippen LogP contribution in [0.1, 0.15) is 30.8 Å². The van der Waals surface area contributed by atoms with Gasteiger partial charge in [-0.2, -0.15) is 0 Å². The number of aromatic nitrogens is 3. The van der Waals surface area contributed by atoms with Crippen molar-refractivity contribution in [2.45, 2.75) is 26.3 Å². The second-order valence-corrected chi connectivity index (χ2v) is 5.71. The molecule has 0 atom stereocenters. The van der Waals surface area contributed by atoms with Gasteiger partial charge in [0.05, 0.1) is 0 Å². The Morgan fingerprint density at radius 3 is 2.62 bits per heavy atom. The lowest BCUT2D eigenvalue weighted by atomic mass is 10.3. The molecule has 1 saturated heterocycles. The van der Waals surface area contributed by atoms with Crippen LogP contribution >= 0.6 is 0 Å². The zero-order chi connectivity index (χ0) is 14.8. The maximum Gasteiger partial charge on any atom is 0.276 e. The number of nitrogens with zero attached hydrogens (tertiary/aromatic N) is 5. The molecule has 6 nitrogen and oxygen atoms in total. The summed E-state index contributed by atoms with van der Waals surface area (Å²) in [5.74, 6) is -0.0163. The Balaban J connectivity index is 1.80. The first-order chi connectivity index (χ1) is 10.2. The molecule has 0 bridgehead atoms. The molecule has 6 heteroatoms. The van der Waals surface area contributed by atoms with Crippen LogP contribution in [0, 0.1) is 0 Å². The summed E-state index contributed by atoms with van der Waals surface area (Å²) in [6.45, 7) is 7.89. The van der Waals surface area contributed by atoms with Gasteiger partial charge in [-0.1, -0.05) is 0 Å². The van der Waals surface area contributed by atoms with Crippen LogP contribution in [0.5, 0.6) is 0 Å². The van der Waals surface area contributed by atoms with Crippen LogP contribution in [-0.2, 0) is 0 Å². The Bertz CT molecular complexity index is 636. The number of carbonyl (C=O) groups excluding carboxylic acids is 1. The largest absolute Gasteiger partial charge is 0.336 e. The number of carbonyl (C=O) groups is 1. The van der Waals surface area contributed by atoms with E-state index in [1.54, 1.807) is 12.4 Å². The van der Waals surface area contributed by atoms with E-state index in [0.717, 1.165) is 32.6 Å². The van der Waals surface area contributed by atoms with Gasteiger partial charge in [0.25, 0.3) is 5.91 Å². The summed E-state index contributed by atoms with van der Waals surface area (Å²) < 4.78 is 1.83. The third-order valence-electron chi connectivity index (χ3n) is 4.06. The van der Waals surface area contributed by atoms with Crippen LogP contribution in [0.15, 0.2) is 24.8 Å². The number of rotatable bonds is 2. The lowest BCUT2D eigenvalue weighted by Crippen LogP contribution is -2.37. The quantitative estimate of drug-likeness (QED) is 0.835. The summed E-state index contributed by atoms with van der Waals surface area (Å²) in [6, 6.07) is 0.522. The average Bonchev–Trinajstić information content (AvgIpc) is 2.81. The van der Waals surface area contributed by atoms with Crippen LogP contribution in [0.25, 0.3) is 5.65 Å². The van der Waals surface area contributed by atoms with Crippen LogP contribution in [0.4, 0.5) is 0 Å². The fraction of sp³-hybridized carbons (Fsp3) is 0.533. The predicted octanol–water partition coefficient (Wildman–Crippen LogP) is 1.29. The van der Waals surface area contributed by atoms with Gasteiger partial charge in [0.15, 0.2) is 11.3 Å². The molecule has 0 radical (unpaired) electrons. The molecule has 112 valence electrons. The van der Waals surface area contributed by atoms with Crippen LogP contribution in [-0.4, -0.2) is 62.3 Å². The van der Waals surface area contributed by atoms with Gasteiger partial charge in [-0.15, -0.1) is 0 Å². The minimum atomic E-state index is -0.0163. The minimum absolute atomic E-state index is 0.0163. The van der Waals surface area contributed by atoms with Crippen molar-refractivity contribution >= 4 is 11.6 Å². The molecule has 0 aromatic carbocycles. The van der Waals surface area contributed by atoms with Crippen molar-refractivity contribution in [1.29, 1.82) is 0 Å². The van der Waals surface area contributed by atoms with E-state index in [0.29, 0.717) is 17.4 Å². The van der Waals surface area contributed by atoms with Gasteiger partial charge in [-0.05, 0) is 20.3 Å². The average molecular weight is 287 g/mol. The zero-order valence-electron chi connectivity index (χ0n) is 12.6. The van der Waals surface area contributed by atoms with Gasteiger partial charge in [-0.25, -0.2) is 9.97 Å². The van der Waals surface area contributed by atoms with Gasteiger partial charge < -0.3 is 9.30 Å². The Kier molecular flexibility index (Phi) is 3.88. The second kappa shape index (κ2) is 5.81. The monoisotopic (exact) mass is 287 g/mol. The number of hydrogen-bond acceptors (Lipinski definition) is 4. The highest BCUT2D eigenvalue weighted by Crippen LogP contribution is 2.12. The molecule has 21 heavy (non-hydrogen) atoms. The zero-order valence-corrected chi connectivity index (χ0v) is 12.6. The van der Waals surface area contributed by atoms with Gasteiger partial charge in [0.2, 0.25) is 0 Å². The smallest absolute Gasteiger partial charge is 0.276 e. The molecule has 0 spiro atoms. The van der Waals surface area contributed by atoms with Crippen molar-refractivity contribution in [1.82, 2.24) is 24.2 Å². The number of imidazole rings is 1. The topological polar surface area (TPSA) is 53.7 Å². The maximum absolute atomic E-state index is 12.7. The molecule has 1 amide bonds. The number of fused-ring (bicyclic) bond motifs is 1. The molecule has 0 unspecified atom stereocenters. The predicted molar refractivity (Wildman–Crippen MR) is 80.2 cm³/mol. The summed E-state index contributed by atoms with van der Waals surface area (Å²) in [5.41, 5.74) is 1.08. The van der Waals surface area contributed by atoms with E-state index in [-0.39, 0.29) is 5.91 Å². The van der Waals surface area contributed by atoms with Crippen molar-refractivity contribution in [2.75, 3.05) is 26.2 Å². The van der Waals surface area contributed by atoms with Gasteiger partial charge in [0.1, 0.15) is 0 Å². The molecular formula is C15H21N5O. The van der Waals surface area contributed by atoms with Gasteiger partial charge >= 0.3 is 0 Å². The first kappa shape index (κ1) is 14.0. The summed E-state index contributed by atoms with van der Waals surface area (Å²) >= 11 is 0. The third kappa shape index (κ3) is 2.76. The summed E-state index contributed by atoms with van der Waals surface area (Å²) in [4.78, 5) is 25.5. The van der Waals surface area contributed by atoms with E-state index in [9.17, 15) is 4.79 Å². The van der Waals surface area contributed by atoms with Crippen LogP contribution in [0.3, 0.4) is 0 Å². The van der Waals surface area contributed by atoms with E-state index >= 15 is 0 Å². The van der Waals surface area contributed by atoms with Crippen LogP contribution < -0.4 is 0 Å². The fourth-order valence-corrected chi connectivity index (χ4v) is 2.81. The Morgan fingerprint density at radius 2 is 1.86 bits per heavy atom. The lowest BCUT2D eigenvalue weighted by molar-refractivity contribution is 0.0755. The Hall–Kier alpha value is -1.95. The molecule has 1 fully saturated rings. The molecule has 2 aromatic rings. The molecule has 1 aliphatic heterocycles. The first-order valence-corrected chi connectivity index (χ1v) is 7.48. The van der Waals surface area contributed by atoms with Crippen molar-refractivity contribution in [3.05, 3.63) is 30.5 Å². The van der Waals surface area contributed by atoms with E-state index in [4.69, 9.17) is 0 Å². The van der Waals surface area contributed by atoms with E-state index in [1.807, 2.05) is 21.7 Å². The maximum atomic E-state index is 12.7. The lowest BCUT2D eigenvalue weighted by Gasteiger charge is -2.24. The number of hydrogen-bond donors (Lipinski definition) is 0. The van der Waals surface area contributed by atoms with E-state index in [2.05, 4.69) is 28.7 Å². The van der Waals surface area contributed by atoms with Crippen molar-refractivity contribution in [3.63, 3.8) is 0 Å². The molecule has 0 aliphatic carbocycles. The molecule has 0 N–H and O–H groups in total. The summed E-state index contributed by atoms with van der Waals surface area (Å²) in [5, 5.41) is 0. The van der Waals surface area contributed by atoms with E-state index < -0.39 is 0 Å². The number of amides is 1. The molecule has 2 aromatic heterocycles. The second-order valence-electron chi connectivity index (χ2n) is 5.71. The standard InChI is InChI=1S/C15H21N5O/c1-12(2)18-6-3-7-20(11-10-18)15(21)13-14-17-5-9-19(14)8-4-16-13/h4-5,8-9,12H,3,6-7,10-11H2,1-2H3. The van der Waals surface area contributed by atoms with Crippen molar-refractivity contribution < 1.29 is 4.79 Å². The SMILES string of the molecule is CC(C)N1CCCN(C(=O)c2nccn3ccnc23)CC1. The fourth-order valence-electron chi connectivity index (χ4n) is 2.81. The first-order valence-electron chi connectivity index (χ1n) is 7.48. The summed E-state index contributed by atoms with van der Waals surface area (Å²) in [6.07, 6.45) is 7.98. The highest BCUT2D eigenvalue weighted by molar-refractivity contribution is 5.97. The summed E-state index contributed by atoms with van der Waals surface area (Å²) in [7, 11) is 0. The Labute approximate surface area is 124 Å². The van der Waals surface area contributed by atoms with Gasteiger partial charge in [0, 0.05) is 57.0 Å². The minimum Gasteiger partial charge on any atom is -0.336 e. The van der Waals surface area contributed by atoms with E-state index in [1.165, 1.54) is 0 Å². The molecule has 3 rings (SSSR count). The molecular weight excluding hydrogens is 266 g/mol. The normalized spacial score (nSPS) is 17.4. The third-order valence-corrected chi connectivity index (χ3v) is 4.06. The van der Waals surface area contributed by atoms with Crippen LogP contribution in [0.2, 0.25) is 0 Å². The molecule has 1 aliphatic rings. The Morgan fingerprint density at radius 1 is 1.10 bits per heavy atom. The van der Waals surface area contributed by atoms with Gasteiger partial charge in [-0.3, -0.25) is 9.69 Å². The highest BCUT2D eigenvalue weighted by Gasteiger charge is 2.24. The highest BCUT2D eigenvalue weighted by atomic mass is 16.2.